The van der Waals surface area contributed by atoms with E-state index in [-0.39, 0.29) is 29.7 Å². The Morgan fingerprint density at radius 2 is 1.85 bits per heavy atom. The summed E-state index contributed by atoms with van der Waals surface area (Å²) in [6.45, 7) is 0. The van der Waals surface area contributed by atoms with Gasteiger partial charge in [0.1, 0.15) is 0 Å². The number of quaternary nitrogens is 1. The molecule has 1 aliphatic rings. The highest BCUT2D eigenvalue weighted by molar-refractivity contribution is 6.01. The molecular weight excluding hydrogens is 441 g/mol. The van der Waals surface area contributed by atoms with Gasteiger partial charge < -0.3 is 10.2 Å². The van der Waals surface area contributed by atoms with Gasteiger partial charge in [-0.05, 0) is 48.1 Å². The monoisotopic (exact) mass is 463 g/mol. The van der Waals surface area contributed by atoms with Gasteiger partial charge in [0.25, 0.3) is 5.69 Å². The molecule has 0 saturated heterocycles. The third-order valence-corrected chi connectivity index (χ3v) is 5.92. The first-order valence-electron chi connectivity index (χ1n) is 9.95. The van der Waals surface area contributed by atoms with Crippen molar-refractivity contribution in [3.05, 3.63) is 65.7 Å². The van der Waals surface area contributed by atoms with E-state index in [1.165, 1.54) is 31.4 Å². The number of halogens is 3. The second-order valence-electron chi connectivity index (χ2n) is 7.89. The maximum atomic E-state index is 13.6. The van der Waals surface area contributed by atoms with E-state index in [9.17, 15) is 28.4 Å². The van der Waals surface area contributed by atoms with Crippen LogP contribution < -0.4 is 26.3 Å². The summed E-state index contributed by atoms with van der Waals surface area (Å²) >= 11 is 0. The molecule has 6 N–H and O–H groups in total. The number of carbonyl (C=O) groups excluding carboxylic acids is 1. The first kappa shape index (κ1) is 22.8. The zero-order valence-electron chi connectivity index (χ0n) is 17.5. The lowest BCUT2D eigenvalue weighted by Crippen LogP contribution is -2.57. The maximum absolute atomic E-state index is 13.6. The number of hydrazine groups is 1. The molecule has 1 aliphatic carbocycles. The van der Waals surface area contributed by atoms with E-state index in [4.69, 9.17) is 10.6 Å². The number of benzene rings is 3. The second kappa shape index (κ2) is 7.89. The number of nitrogens with one attached hydrogen (secondary N) is 2. The van der Waals surface area contributed by atoms with Crippen LogP contribution in [0.1, 0.15) is 28.8 Å². The van der Waals surface area contributed by atoms with Crippen molar-refractivity contribution >= 4 is 28.1 Å². The van der Waals surface area contributed by atoms with Crippen molar-refractivity contribution in [3.63, 3.8) is 0 Å². The van der Waals surface area contributed by atoms with Crippen LogP contribution in [0.3, 0.4) is 0 Å². The molecule has 0 spiro atoms. The van der Waals surface area contributed by atoms with Crippen LogP contribution in [0.25, 0.3) is 10.8 Å². The Hall–Kier alpha value is -3.38. The molecule has 4 rings (SSSR count). The number of alkyl halides is 3. The van der Waals surface area contributed by atoms with Gasteiger partial charge in [-0.1, -0.05) is 24.3 Å². The average Bonchev–Trinajstić information content (AvgIpc) is 3.60. The number of amides is 1. The predicted molar refractivity (Wildman–Crippen MR) is 115 cm³/mol. The molecule has 1 amide bonds. The molecule has 3 aromatic rings. The molecule has 3 aromatic carbocycles. The third kappa shape index (κ3) is 3.95. The molecule has 11 heteroatoms. The van der Waals surface area contributed by atoms with Gasteiger partial charge in [0, 0.05) is 17.0 Å². The topological polar surface area (TPSA) is 117 Å². The molecule has 33 heavy (non-hydrogen) atoms. The minimum atomic E-state index is -4.50. The first-order chi connectivity index (χ1) is 15.5. The highest BCUT2D eigenvalue weighted by Gasteiger charge is 2.64. The fourth-order valence-corrected chi connectivity index (χ4v) is 3.91. The van der Waals surface area contributed by atoms with Gasteiger partial charge in [-0.25, -0.2) is 0 Å². The number of ether oxygens (including phenoxy) is 1. The summed E-state index contributed by atoms with van der Waals surface area (Å²) in [4.78, 5) is 10.6. The Morgan fingerprint density at radius 3 is 2.45 bits per heavy atom. The van der Waals surface area contributed by atoms with Crippen molar-refractivity contribution < 1.29 is 33.1 Å². The van der Waals surface area contributed by atoms with Crippen LogP contribution in [0, 0.1) is 0 Å². The van der Waals surface area contributed by atoms with E-state index in [0.29, 0.717) is 11.1 Å². The summed E-state index contributed by atoms with van der Waals surface area (Å²) < 4.78 is 45.8. The Labute approximate surface area is 186 Å². The van der Waals surface area contributed by atoms with Crippen LogP contribution >= 0.6 is 0 Å². The third-order valence-electron chi connectivity index (χ3n) is 5.92. The van der Waals surface area contributed by atoms with Crippen LogP contribution in [-0.4, -0.2) is 29.6 Å². The lowest BCUT2D eigenvalue weighted by molar-refractivity contribution is -0.315. The molecule has 0 aromatic heterocycles. The lowest BCUT2D eigenvalue weighted by Gasteiger charge is -2.25. The molecule has 174 valence electrons. The van der Waals surface area contributed by atoms with Crippen molar-refractivity contribution in [2.75, 3.05) is 12.5 Å². The molecule has 0 heterocycles. The van der Waals surface area contributed by atoms with E-state index in [1.54, 1.807) is 24.3 Å². The van der Waals surface area contributed by atoms with Crippen molar-refractivity contribution in [3.8, 4) is 5.75 Å². The highest BCUT2D eigenvalue weighted by atomic mass is 19.4. The summed E-state index contributed by atoms with van der Waals surface area (Å²) in [6.07, 6.45) is -4.71. The van der Waals surface area contributed by atoms with E-state index in [2.05, 4.69) is 5.43 Å². The summed E-state index contributed by atoms with van der Waals surface area (Å²) in [5.41, 5.74) is 2.62. The smallest absolute Gasteiger partial charge is 0.398 e. The summed E-state index contributed by atoms with van der Waals surface area (Å²) in [5.74, 6) is 4.49. The second-order valence-corrected chi connectivity index (χ2v) is 7.89. The number of carbonyl (C=O) groups is 1. The molecule has 1 fully saturated rings. The highest BCUT2D eigenvalue weighted by Crippen LogP contribution is 2.59. The van der Waals surface area contributed by atoms with Crippen LogP contribution in [0.5, 0.6) is 5.75 Å². The van der Waals surface area contributed by atoms with Crippen molar-refractivity contribution in [1.82, 2.24) is 10.3 Å². The number of nitrogens with two attached hydrogens (primary N) is 1. The molecule has 0 aliphatic heterocycles. The van der Waals surface area contributed by atoms with Gasteiger partial charge in [0.2, 0.25) is 0 Å². The number of hydrogen-bond donors (Lipinski definition) is 5. The van der Waals surface area contributed by atoms with Crippen molar-refractivity contribution in [2.45, 2.75) is 24.4 Å². The molecule has 0 bridgehead atoms. The lowest BCUT2D eigenvalue weighted by atomic mass is 9.94. The Kier molecular flexibility index (Phi) is 5.45. The summed E-state index contributed by atoms with van der Waals surface area (Å²) in [7, 11) is 1.23. The number of methoxy groups -OCH3 is 1. The van der Waals surface area contributed by atoms with Crippen molar-refractivity contribution in [2.24, 2.45) is 5.84 Å². The quantitative estimate of drug-likeness (QED) is 0.213. The van der Waals surface area contributed by atoms with Crippen LogP contribution in [0.2, 0.25) is 0 Å². The maximum Gasteiger partial charge on any atom is 0.398 e. The minimum absolute atomic E-state index is 0.0892. The van der Waals surface area contributed by atoms with Crippen molar-refractivity contribution in [1.29, 1.82) is 0 Å². The molecule has 1 saturated carbocycles. The fourth-order valence-electron chi connectivity index (χ4n) is 3.91. The molecule has 0 radical (unpaired) electrons. The van der Waals surface area contributed by atoms with Gasteiger partial charge >= 0.3 is 12.1 Å². The standard InChI is InChI=1S/C22H21F3N4O4/c1-33-19-8-6-15(21(9-10-21)22(23,24)25)12-18(19)29(31,32)28-20(30)14-5-7-16-13(11-14)3-2-4-17(16)27-26/h2-8,11-12,27,31-32H,9-10,26H2,1H3/p+1. The number of anilines is 1. The van der Waals surface area contributed by atoms with Crippen LogP contribution in [-0.2, 0) is 5.41 Å². The van der Waals surface area contributed by atoms with Crippen LogP contribution in [0.4, 0.5) is 24.5 Å². The molecule has 8 nitrogen and oxygen atoms in total. The van der Waals surface area contributed by atoms with Crippen LogP contribution in [0.15, 0.2) is 54.6 Å². The van der Waals surface area contributed by atoms with Gasteiger partial charge in [-0.3, -0.25) is 10.6 Å². The van der Waals surface area contributed by atoms with E-state index in [1.807, 2.05) is 5.43 Å². The largest absolute Gasteiger partial charge is 0.491 e. The van der Waals surface area contributed by atoms with E-state index >= 15 is 0 Å². The van der Waals surface area contributed by atoms with Gasteiger partial charge in [-0.15, -0.1) is 15.8 Å². The average molecular weight is 463 g/mol. The SMILES string of the molecule is COc1ccc(C2(C(F)(F)F)CC2)cc1[N+](O)(O)NC(=O)c1ccc2c(NN)cccc2c1. The van der Waals surface area contributed by atoms with E-state index < -0.39 is 28.1 Å². The zero-order valence-corrected chi connectivity index (χ0v) is 17.5. The molecule has 0 atom stereocenters. The number of fused-ring (bicyclic) bond motifs is 1. The molecular formula is C22H22F3N4O4+. The predicted octanol–water partition coefficient (Wildman–Crippen LogP) is 4.16. The number of nitrogens with zero attached hydrogens (tertiary/aromatic N) is 1. The number of nitrogen functional groups attached to an aromatic ring is 1. The Balaban J connectivity index is 1.67. The zero-order chi connectivity index (χ0) is 24.0. The summed E-state index contributed by atoms with van der Waals surface area (Å²) in [6, 6.07) is 13.2. The van der Waals surface area contributed by atoms with Gasteiger partial charge in [-0.2, -0.15) is 13.2 Å². The van der Waals surface area contributed by atoms with E-state index in [0.717, 1.165) is 11.5 Å². The Bertz CT molecular complexity index is 1230. The normalized spacial score (nSPS) is 15.2. The molecule has 0 unspecified atom stereocenters. The van der Waals surface area contributed by atoms with Gasteiger partial charge in [0.15, 0.2) is 5.75 Å². The van der Waals surface area contributed by atoms with Gasteiger partial charge in [0.05, 0.1) is 23.1 Å². The number of rotatable bonds is 6. The fraction of sp³-hybridized carbons (Fsp3) is 0.227. The first-order valence-corrected chi connectivity index (χ1v) is 9.95. The Morgan fingerprint density at radius 1 is 1.12 bits per heavy atom. The summed E-state index contributed by atoms with van der Waals surface area (Å²) in [5, 5.41) is 22.6. The number of hydrogen-bond acceptors (Lipinski definition) is 6. The minimum Gasteiger partial charge on any atom is -0.491 e.